The number of aliphatic hydroxyl groups is 1. The summed E-state index contributed by atoms with van der Waals surface area (Å²) in [5.74, 6) is -1.86. The highest BCUT2D eigenvalue weighted by Crippen LogP contribution is 2.69. The molecule has 0 aromatic carbocycles. The summed E-state index contributed by atoms with van der Waals surface area (Å²) < 4.78 is 17.0. The largest absolute Gasteiger partial charge is 0.481 e. The highest BCUT2D eigenvalue weighted by Gasteiger charge is 2.73. The Balaban J connectivity index is 1.81. The van der Waals surface area contributed by atoms with Crippen LogP contribution < -0.4 is 0 Å². The van der Waals surface area contributed by atoms with Crippen molar-refractivity contribution in [2.24, 2.45) is 27.8 Å². The van der Waals surface area contributed by atoms with Crippen molar-refractivity contribution in [1.82, 2.24) is 0 Å². The van der Waals surface area contributed by atoms with Crippen LogP contribution in [0.5, 0.6) is 0 Å². The molecule has 0 aromatic rings. The molecule has 1 unspecified atom stereocenters. The summed E-state index contributed by atoms with van der Waals surface area (Å²) in [7, 11) is 0. The van der Waals surface area contributed by atoms with Gasteiger partial charge in [0.25, 0.3) is 0 Å². The number of hydrogen-bond donors (Lipinski definition) is 2. The summed E-state index contributed by atoms with van der Waals surface area (Å²) in [5, 5.41) is 23.7. The van der Waals surface area contributed by atoms with Crippen LogP contribution in [-0.2, 0) is 9.59 Å². The zero-order valence-corrected chi connectivity index (χ0v) is 16.9. The van der Waals surface area contributed by atoms with Gasteiger partial charge in [0.15, 0.2) is 11.5 Å². The van der Waals surface area contributed by atoms with E-state index in [0.717, 1.165) is 0 Å². The van der Waals surface area contributed by atoms with Crippen LogP contribution in [0.1, 0.15) is 58.8 Å². The summed E-state index contributed by atoms with van der Waals surface area (Å²) in [4.78, 5) is 35.0. The van der Waals surface area contributed by atoms with Gasteiger partial charge in [-0.05, 0) is 49.7 Å². The van der Waals surface area contributed by atoms with Gasteiger partial charge < -0.3 is 10.2 Å². The second kappa shape index (κ2) is 6.30. The Hall–Kier alpha value is -1.89. The number of alkyl halides is 1. The fourth-order valence-electron chi connectivity index (χ4n) is 6.95. The molecule has 0 saturated heterocycles. The van der Waals surface area contributed by atoms with Gasteiger partial charge in [0.05, 0.1) is 5.60 Å². The smallest absolute Gasteiger partial charge is 0.303 e. The zero-order chi connectivity index (χ0) is 21.2. The molecular formula is C22H28FNO5. The molecule has 29 heavy (non-hydrogen) atoms. The monoisotopic (exact) mass is 405 g/mol. The van der Waals surface area contributed by atoms with Gasteiger partial charge >= 0.3 is 5.97 Å². The third kappa shape index (κ3) is 2.49. The van der Waals surface area contributed by atoms with Crippen molar-refractivity contribution in [3.05, 3.63) is 28.7 Å². The maximum Gasteiger partial charge on any atom is 0.303 e. The summed E-state index contributed by atoms with van der Waals surface area (Å²) in [6, 6.07) is -1.17. The second-order valence-corrected chi connectivity index (χ2v) is 9.86. The normalized spacial score (nSPS) is 48.3. The van der Waals surface area contributed by atoms with Crippen LogP contribution in [0.25, 0.3) is 0 Å². The number of nitrogens with zero attached hydrogens (tertiary/aromatic N) is 1. The number of hydrogen-bond acceptors (Lipinski definition) is 5. The van der Waals surface area contributed by atoms with Gasteiger partial charge in [-0.2, -0.15) is 4.91 Å². The molecule has 4 aliphatic carbocycles. The van der Waals surface area contributed by atoms with Crippen molar-refractivity contribution in [3.8, 4) is 0 Å². The number of halogens is 1. The van der Waals surface area contributed by atoms with Crippen molar-refractivity contribution >= 4 is 11.8 Å². The summed E-state index contributed by atoms with van der Waals surface area (Å²) in [6.07, 6.45) is 6.55. The SMILES string of the molecule is C[C@]12CCC(=O)C=C1C=C[C@H]1[C@@H]3CC[C@](O)(CCC(=O)O)[C@@]3(C)CC(N=O)[C@@]12F. The van der Waals surface area contributed by atoms with E-state index in [-0.39, 0.29) is 37.4 Å². The first-order chi connectivity index (χ1) is 13.5. The highest BCUT2D eigenvalue weighted by atomic mass is 19.1. The number of nitroso groups, excluding NO2 is 1. The van der Waals surface area contributed by atoms with E-state index in [9.17, 15) is 19.6 Å². The Morgan fingerprint density at radius 1 is 1.34 bits per heavy atom. The lowest BCUT2D eigenvalue weighted by Gasteiger charge is -2.61. The lowest BCUT2D eigenvalue weighted by Crippen LogP contribution is -2.67. The van der Waals surface area contributed by atoms with Gasteiger partial charge in [-0.1, -0.05) is 31.2 Å². The van der Waals surface area contributed by atoms with Crippen LogP contribution in [0, 0.1) is 27.6 Å². The van der Waals surface area contributed by atoms with Crippen molar-refractivity contribution in [3.63, 3.8) is 0 Å². The molecule has 0 bridgehead atoms. The molecule has 2 saturated carbocycles. The molecule has 0 heterocycles. The highest BCUT2D eigenvalue weighted by molar-refractivity contribution is 5.92. The maximum absolute atomic E-state index is 17.0. The van der Waals surface area contributed by atoms with E-state index in [0.29, 0.717) is 24.8 Å². The van der Waals surface area contributed by atoms with Gasteiger partial charge in [0, 0.05) is 29.6 Å². The van der Waals surface area contributed by atoms with Gasteiger partial charge in [-0.15, -0.1) is 0 Å². The predicted molar refractivity (Wildman–Crippen MR) is 104 cm³/mol. The molecular weight excluding hydrogens is 377 g/mol. The number of carbonyl (C=O) groups excluding carboxylic acids is 1. The average Bonchev–Trinajstić information content (AvgIpc) is 2.92. The molecule has 0 radical (unpaired) electrons. The molecule has 2 fully saturated rings. The van der Waals surface area contributed by atoms with E-state index in [1.54, 1.807) is 13.0 Å². The fourth-order valence-corrected chi connectivity index (χ4v) is 6.95. The van der Waals surface area contributed by atoms with Gasteiger partial charge in [-0.3, -0.25) is 9.59 Å². The van der Waals surface area contributed by atoms with Crippen LogP contribution in [0.15, 0.2) is 29.0 Å². The minimum atomic E-state index is -1.93. The number of fused-ring (bicyclic) bond motifs is 5. The Morgan fingerprint density at radius 3 is 2.72 bits per heavy atom. The molecule has 0 aliphatic heterocycles. The molecule has 7 atom stereocenters. The van der Waals surface area contributed by atoms with Crippen molar-refractivity contribution in [2.45, 2.75) is 76.1 Å². The minimum absolute atomic E-state index is 0.0376. The maximum atomic E-state index is 17.0. The van der Waals surface area contributed by atoms with E-state index < -0.39 is 40.0 Å². The number of rotatable bonds is 4. The molecule has 2 N–H and O–H groups in total. The van der Waals surface area contributed by atoms with Crippen LogP contribution in [-0.4, -0.2) is 39.3 Å². The lowest BCUT2D eigenvalue weighted by molar-refractivity contribution is -0.169. The summed E-state index contributed by atoms with van der Waals surface area (Å²) >= 11 is 0. The van der Waals surface area contributed by atoms with E-state index in [1.807, 2.05) is 13.0 Å². The Kier molecular flexibility index (Phi) is 4.43. The molecule has 7 heteroatoms. The summed E-state index contributed by atoms with van der Waals surface area (Å²) in [5.41, 5.74) is -4.37. The van der Waals surface area contributed by atoms with Gasteiger partial charge in [0.2, 0.25) is 0 Å². The van der Waals surface area contributed by atoms with Crippen molar-refractivity contribution < 1.29 is 24.2 Å². The van der Waals surface area contributed by atoms with E-state index in [4.69, 9.17) is 5.11 Å². The fraction of sp³-hybridized carbons (Fsp3) is 0.727. The quantitative estimate of drug-likeness (QED) is 0.694. The van der Waals surface area contributed by atoms with E-state index in [1.165, 1.54) is 6.08 Å². The number of allylic oxidation sites excluding steroid dienone is 4. The average molecular weight is 405 g/mol. The standard InChI is InChI=1S/C22H28FNO5/c1-19-8-5-14(25)11-13(19)3-4-16-15-6-9-21(28,10-7-18(26)27)20(15,2)12-17(24-29)22(16,19)23/h3-4,11,15-17,28H,5-10,12H2,1-2H3,(H,26,27)/t15-,16-,17?,19-,20-,21-,22-/m0/s1. The molecule has 4 aliphatic rings. The van der Waals surface area contributed by atoms with E-state index >= 15 is 4.39 Å². The summed E-state index contributed by atoms with van der Waals surface area (Å²) in [6.45, 7) is 3.64. The van der Waals surface area contributed by atoms with Crippen molar-refractivity contribution in [1.29, 1.82) is 0 Å². The molecule has 6 nitrogen and oxygen atoms in total. The Labute approximate surface area is 169 Å². The first-order valence-corrected chi connectivity index (χ1v) is 10.4. The topological polar surface area (TPSA) is 104 Å². The first-order valence-electron chi connectivity index (χ1n) is 10.4. The zero-order valence-electron chi connectivity index (χ0n) is 16.9. The van der Waals surface area contributed by atoms with Crippen LogP contribution in [0.2, 0.25) is 0 Å². The van der Waals surface area contributed by atoms with Crippen molar-refractivity contribution in [2.75, 3.05) is 0 Å². The lowest BCUT2D eigenvalue weighted by atomic mass is 9.45. The minimum Gasteiger partial charge on any atom is -0.481 e. The third-order valence-electron chi connectivity index (χ3n) is 8.80. The van der Waals surface area contributed by atoms with E-state index in [2.05, 4.69) is 5.18 Å². The second-order valence-electron chi connectivity index (χ2n) is 9.86. The number of carboxylic acid groups (broad SMARTS) is 1. The predicted octanol–water partition coefficient (Wildman–Crippen LogP) is 3.73. The molecule has 158 valence electrons. The van der Waals surface area contributed by atoms with Gasteiger partial charge in [0.1, 0.15) is 6.04 Å². The van der Waals surface area contributed by atoms with Crippen LogP contribution in [0.3, 0.4) is 0 Å². The first kappa shape index (κ1) is 20.4. The number of ketones is 1. The number of carbonyl (C=O) groups is 2. The molecule has 0 spiro atoms. The molecule has 0 aromatic heterocycles. The molecule has 4 rings (SSSR count). The third-order valence-corrected chi connectivity index (χ3v) is 8.80. The Bertz CT molecular complexity index is 839. The van der Waals surface area contributed by atoms with Gasteiger partial charge in [-0.25, -0.2) is 4.39 Å². The Morgan fingerprint density at radius 2 is 2.07 bits per heavy atom. The number of aliphatic carboxylic acids is 1. The van der Waals surface area contributed by atoms with Crippen LogP contribution >= 0.6 is 0 Å². The number of carboxylic acids is 1. The van der Waals surface area contributed by atoms with Crippen LogP contribution in [0.4, 0.5) is 4.39 Å². The molecule has 0 amide bonds.